The van der Waals surface area contributed by atoms with Gasteiger partial charge >= 0.3 is 0 Å². The highest BCUT2D eigenvalue weighted by molar-refractivity contribution is 7.26. The van der Waals surface area contributed by atoms with Gasteiger partial charge in [-0.05, 0) is 89.1 Å². The molecule has 262 valence electrons. The largest absolute Gasteiger partial charge is 0.192 e. The number of fused-ring (bicyclic) bond motifs is 7. The summed E-state index contributed by atoms with van der Waals surface area (Å²) in [5.41, 5.74) is 10.2. The minimum atomic E-state index is 0.668. The van der Waals surface area contributed by atoms with Gasteiger partial charge in [-0.2, -0.15) is 10.5 Å². The van der Waals surface area contributed by atoms with E-state index in [9.17, 15) is 10.5 Å². The molecule has 1 aromatic heterocycles. The summed E-state index contributed by atoms with van der Waals surface area (Å²) in [6.45, 7) is 0. The molecule has 0 unspecified atom stereocenters. The second kappa shape index (κ2) is 13.0. The van der Waals surface area contributed by atoms with Gasteiger partial charge in [-0.15, -0.1) is 11.3 Å². The van der Waals surface area contributed by atoms with Crippen LogP contribution >= 0.6 is 11.3 Å². The monoisotopic (exact) mass is 738 g/mol. The van der Waals surface area contributed by atoms with E-state index >= 15 is 0 Å². The van der Waals surface area contributed by atoms with Crippen molar-refractivity contribution in [1.82, 2.24) is 0 Å². The minimum absolute atomic E-state index is 0.668. The molecule has 0 spiro atoms. The van der Waals surface area contributed by atoms with Crippen molar-refractivity contribution in [3.63, 3.8) is 0 Å². The minimum Gasteiger partial charge on any atom is -0.192 e. The van der Waals surface area contributed by atoms with Crippen LogP contribution in [0.2, 0.25) is 0 Å². The molecule has 0 aliphatic rings. The molecule has 0 saturated heterocycles. The Labute approximate surface area is 333 Å². The van der Waals surface area contributed by atoms with Gasteiger partial charge in [-0.1, -0.05) is 164 Å². The van der Waals surface area contributed by atoms with Gasteiger partial charge in [-0.3, -0.25) is 0 Å². The third-order valence-corrected chi connectivity index (χ3v) is 12.8. The molecule has 2 nitrogen and oxygen atoms in total. The smallest absolute Gasteiger partial charge is 0.0998 e. The van der Waals surface area contributed by atoms with Crippen molar-refractivity contribution >= 4 is 74.6 Å². The zero-order valence-corrected chi connectivity index (χ0v) is 31.4. The van der Waals surface area contributed by atoms with Crippen LogP contribution in [0.5, 0.6) is 0 Å². The van der Waals surface area contributed by atoms with Crippen LogP contribution < -0.4 is 0 Å². The molecule has 3 heteroatoms. The van der Waals surface area contributed by atoms with Crippen LogP contribution in [0.3, 0.4) is 0 Å². The SMILES string of the molecule is N#Cc1ccccc1-c1c2ccccc2c(-c2cccc3c2sc2cccc(-c4c5ccccc5c(-c5ccccc5C#N)c5ccccc45)c23)c2ccccc12. The Bertz CT molecular complexity index is 3440. The van der Waals surface area contributed by atoms with E-state index in [1.54, 1.807) is 0 Å². The summed E-state index contributed by atoms with van der Waals surface area (Å²) in [6.07, 6.45) is 0. The summed E-state index contributed by atoms with van der Waals surface area (Å²) in [7, 11) is 0. The van der Waals surface area contributed by atoms with E-state index in [2.05, 4.69) is 158 Å². The van der Waals surface area contributed by atoms with Crippen molar-refractivity contribution in [3.8, 4) is 56.6 Å². The first-order chi connectivity index (χ1) is 28.2. The molecule has 0 fully saturated rings. The summed E-state index contributed by atoms with van der Waals surface area (Å²) in [5, 5.41) is 32.0. The Morgan fingerprint density at radius 1 is 0.298 bits per heavy atom. The van der Waals surface area contributed by atoms with Crippen LogP contribution in [0.25, 0.3) is 108 Å². The van der Waals surface area contributed by atoms with Crippen LogP contribution in [0.4, 0.5) is 0 Å². The van der Waals surface area contributed by atoms with Gasteiger partial charge < -0.3 is 0 Å². The number of benzene rings is 10. The second-order valence-corrected chi connectivity index (χ2v) is 15.5. The highest BCUT2D eigenvalue weighted by Gasteiger charge is 2.23. The third-order valence-electron chi connectivity index (χ3n) is 11.6. The fraction of sp³-hybridized carbons (Fsp3) is 0. The molecule has 0 radical (unpaired) electrons. The summed E-state index contributed by atoms with van der Waals surface area (Å²) in [5.74, 6) is 0. The number of rotatable bonds is 4. The normalized spacial score (nSPS) is 11.5. The van der Waals surface area contributed by atoms with Crippen molar-refractivity contribution in [2.24, 2.45) is 0 Å². The first-order valence-corrected chi connectivity index (χ1v) is 19.9. The van der Waals surface area contributed by atoms with Crippen molar-refractivity contribution < 1.29 is 0 Å². The van der Waals surface area contributed by atoms with Crippen molar-refractivity contribution in [1.29, 1.82) is 10.5 Å². The van der Waals surface area contributed by atoms with Gasteiger partial charge in [-0.25, -0.2) is 0 Å². The van der Waals surface area contributed by atoms with Crippen LogP contribution in [-0.4, -0.2) is 0 Å². The Balaban J connectivity index is 1.24. The lowest BCUT2D eigenvalue weighted by Gasteiger charge is -2.19. The second-order valence-electron chi connectivity index (χ2n) is 14.5. The van der Waals surface area contributed by atoms with Crippen LogP contribution in [0.1, 0.15) is 11.1 Å². The molecule has 11 aromatic rings. The molecule has 1 heterocycles. The average molecular weight is 739 g/mol. The van der Waals surface area contributed by atoms with Crippen molar-refractivity contribution in [2.45, 2.75) is 0 Å². The van der Waals surface area contributed by atoms with Crippen molar-refractivity contribution in [2.75, 3.05) is 0 Å². The number of hydrogen-bond donors (Lipinski definition) is 0. The van der Waals surface area contributed by atoms with Crippen LogP contribution in [-0.2, 0) is 0 Å². The van der Waals surface area contributed by atoms with Gasteiger partial charge in [0.2, 0.25) is 0 Å². The lowest BCUT2D eigenvalue weighted by Crippen LogP contribution is -1.93. The van der Waals surface area contributed by atoms with E-state index in [4.69, 9.17) is 0 Å². The maximum Gasteiger partial charge on any atom is 0.0998 e. The molecule has 57 heavy (non-hydrogen) atoms. The predicted octanol–water partition coefficient (Wildman–Crippen LogP) is 15.1. The van der Waals surface area contributed by atoms with E-state index < -0.39 is 0 Å². The van der Waals surface area contributed by atoms with Gasteiger partial charge in [0.25, 0.3) is 0 Å². The number of nitriles is 2. The fourth-order valence-electron chi connectivity index (χ4n) is 9.27. The first-order valence-electron chi connectivity index (χ1n) is 19.1. The quantitative estimate of drug-likeness (QED) is 0.169. The zero-order valence-electron chi connectivity index (χ0n) is 30.6. The Morgan fingerprint density at radius 3 is 1.05 bits per heavy atom. The summed E-state index contributed by atoms with van der Waals surface area (Å²) in [4.78, 5) is 0. The summed E-state index contributed by atoms with van der Waals surface area (Å²) < 4.78 is 2.48. The molecule has 10 aromatic carbocycles. The molecule has 0 saturated carbocycles. The number of hydrogen-bond acceptors (Lipinski definition) is 3. The molecule has 0 aliphatic carbocycles. The van der Waals surface area contributed by atoms with Crippen LogP contribution in [0, 0.1) is 22.7 Å². The lowest BCUT2D eigenvalue weighted by molar-refractivity contribution is 1.48. The zero-order chi connectivity index (χ0) is 38.0. The predicted molar refractivity (Wildman–Crippen MR) is 241 cm³/mol. The fourth-order valence-corrected chi connectivity index (χ4v) is 10.5. The number of nitrogens with zero attached hydrogens (tertiary/aromatic N) is 2. The van der Waals surface area contributed by atoms with Gasteiger partial charge in [0.05, 0.1) is 23.3 Å². The Kier molecular flexibility index (Phi) is 7.51. The molecule has 0 bridgehead atoms. The topological polar surface area (TPSA) is 47.6 Å². The average Bonchev–Trinajstić information content (AvgIpc) is 3.67. The van der Waals surface area contributed by atoms with Crippen LogP contribution in [0.15, 0.2) is 182 Å². The molecule has 0 amide bonds. The maximum absolute atomic E-state index is 10.2. The van der Waals surface area contributed by atoms with E-state index in [1.807, 2.05) is 47.7 Å². The van der Waals surface area contributed by atoms with Gasteiger partial charge in [0.15, 0.2) is 0 Å². The number of thiophene rings is 1. The van der Waals surface area contributed by atoms with E-state index in [-0.39, 0.29) is 0 Å². The third kappa shape index (κ3) is 4.87. The van der Waals surface area contributed by atoms with E-state index in [0.29, 0.717) is 11.1 Å². The maximum atomic E-state index is 10.2. The standard InChI is InChI=1S/C54H30N2S/c55-31-33-15-1-3-17-35(33)49-37-19-5-9-23-41(37)51(42-24-10-6-20-38(42)49)45-27-14-30-48-53(45)47-29-13-28-46(54(47)57-48)52-43-25-11-7-21-39(43)50(40-22-8-12-26-44(40)52)36-18-4-2-16-34(36)32-56/h1-30H. The van der Waals surface area contributed by atoms with Crippen molar-refractivity contribution in [3.05, 3.63) is 193 Å². The molecule has 11 rings (SSSR count). The van der Waals surface area contributed by atoms with E-state index in [1.165, 1.54) is 42.4 Å². The lowest BCUT2D eigenvalue weighted by atomic mass is 9.83. The van der Waals surface area contributed by atoms with Gasteiger partial charge in [0.1, 0.15) is 0 Å². The molecule has 0 atom stereocenters. The highest BCUT2D eigenvalue weighted by atomic mass is 32.1. The Hall–Kier alpha value is -7.56. The molecular weight excluding hydrogens is 709 g/mol. The van der Waals surface area contributed by atoms with Gasteiger partial charge in [0, 0.05) is 36.9 Å². The van der Waals surface area contributed by atoms with E-state index in [0.717, 1.165) is 65.3 Å². The Morgan fingerprint density at radius 2 is 0.614 bits per heavy atom. The molecule has 0 aliphatic heterocycles. The molecular formula is C54H30N2S. The first kappa shape index (κ1) is 32.8. The summed E-state index contributed by atoms with van der Waals surface area (Å²) in [6, 6.07) is 68.9. The molecule has 0 N–H and O–H groups in total. The highest BCUT2D eigenvalue weighted by Crippen LogP contribution is 2.51. The summed E-state index contributed by atoms with van der Waals surface area (Å²) >= 11 is 1.85.